The van der Waals surface area contributed by atoms with Gasteiger partial charge in [0.2, 0.25) is 5.95 Å². The van der Waals surface area contributed by atoms with Gasteiger partial charge < -0.3 is 9.64 Å². The predicted molar refractivity (Wildman–Crippen MR) is 125 cm³/mol. The molecule has 1 aromatic heterocycles. The van der Waals surface area contributed by atoms with Crippen molar-refractivity contribution in [3.8, 4) is 11.1 Å². The minimum Gasteiger partial charge on any atom is -0.439 e. The van der Waals surface area contributed by atoms with Crippen LogP contribution >= 0.6 is 11.6 Å². The van der Waals surface area contributed by atoms with Gasteiger partial charge in [-0.05, 0) is 36.8 Å². The third kappa shape index (κ3) is 4.96. The number of hydrogen-bond acceptors (Lipinski definition) is 5. The Bertz CT molecular complexity index is 1390. The van der Waals surface area contributed by atoms with Crippen molar-refractivity contribution in [3.05, 3.63) is 76.3 Å². The zero-order valence-electron chi connectivity index (χ0n) is 19.6. The number of carbonyl (C=O) groups is 1. The third-order valence-corrected chi connectivity index (χ3v) is 6.76. The first-order chi connectivity index (χ1) is 17.8. The molecule has 2 fully saturated rings. The fourth-order valence-electron chi connectivity index (χ4n) is 4.50. The molecule has 0 spiro atoms. The van der Waals surface area contributed by atoms with Crippen LogP contribution in [0.2, 0.25) is 5.02 Å². The van der Waals surface area contributed by atoms with Gasteiger partial charge in [-0.3, -0.25) is 4.90 Å². The summed E-state index contributed by atoms with van der Waals surface area (Å²) in [6.45, 7) is 0.214. The molecule has 0 N–H and O–H groups in total. The summed E-state index contributed by atoms with van der Waals surface area (Å²) in [7, 11) is 0. The van der Waals surface area contributed by atoms with Crippen molar-refractivity contribution in [1.29, 1.82) is 0 Å². The van der Waals surface area contributed by atoms with Crippen LogP contribution in [0.3, 0.4) is 0 Å². The third-order valence-electron chi connectivity index (χ3n) is 6.43. The van der Waals surface area contributed by atoms with Crippen molar-refractivity contribution in [2.75, 3.05) is 18.0 Å². The lowest BCUT2D eigenvalue weighted by molar-refractivity contribution is -0.137. The molecule has 2 aliphatic heterocycles. The Morgan fingerprint density at radius 1 is 1.13 bits per heavy atom. The number of rotatable bonds is 5. The summed E-state index contributed by atoms with van der Waals surface area (Å²) in [5.74, 6) is -3.96. The number of anilines is 1. The molecule has 0 saturated carbocycles. The Labute approximate surface area is 217 Å². The van der Waals surface area contributed by atoms with Gasteiger partial charge in [0, 0.05) is 22.3 Å². The molecule has 0 aliphatic carbocycles. The number of ether oxygens (including phenoxy) is 1. The van der Waals surface area contributed by atoms with Gasteiger partial charge in [0.1, 0.15) is 11.9 Å². The van der Waals surface area contributed by atoms with Gasteiger partial charge in [-0.25, -0.2) is 27.9 Å². The number of cyclic esters (lactones) is 1. The lowest BCUT2D eigenvalue weighted by Gasteiger charge is -2.38. The average molecular weight is 557 g/mol. The van der Waals surface area contributed by atoms with Gasteiger partial charge >= 0.3 is 12.3 Å². The van der Waals surface area contributed by atoms with E-state index in [0.29, 0.717) is 22.2 Å². The second-order valence-corrected chi connectivity index (χ2v) is 9.57. The van der Waals surface area contributed by atoms with E-state index in [0.717, 1.165) is 12.1 Å². The second-order valence-electron chi connectivity index (χ2n) is 9.17. The van der Waals surface area contributed by atoms with E-state index in [1.54, 1.807) is 31.2 Å². The summed E-state index contributed by atoms with van der Waals surface area (Å²) in [5, 5.41) is 0.356. The van der Waals surface area contributed by atoms with Crippen LogP contribution in [0.15, 0.2) is 48.7 Å². The van der Waals surface area contributed by atoms with Crippen LogP contribution in [-0.2, 0) is 17.5 Å². The highest BCUT2D eigenvalue weighted by molar-refractivity contribution is 6.33. The van der Waals surface area contributed by atoms with Crippen LogP contribution in [0.5, 0.6) is 0 Å². The predicted octanol–water partition coefficient (Wildman–Crippen LogP) is 6.49. The molecular weight excluding hydrogens is 538 g/mol. The van der Waals surface area contributed by atoms with Crippen LogP contribution in [0, 0.1) is 5.82 Å². The highest BCUT2D eigenvalue weighted by Gasteiger charge is 2.46. The van der Waals surface area contributed by atoms with Crippen molar-refractivity contribution >= 4 is 23.6 Å². The Morgan fingerprint density at radius 3 is 2.50 bits per heavy atom. The van der Waals surface area contributed by atoms with E-state index >= 15 is 0 Å². The summed E-state index contributed by atoms with van der Waals surface area (Å²) in [5.41, 5.74) is -0.139. The smallest absolute Gasteiger partial charge is 0.416 e. The molecule has 0 bridgehead atoms. The Balaban J connectivity index is 1.48. The van der Waals surface area contributed by atoms with Crippen LogP contribution in [0.4, 0.5) is 37.1 Å². The largest absolute Gasteiger partial charge is 0.439 e. The molecule has 2 aliphatic rings. The molecule has 200 valence electrons. The maximum Gasteiger partial charge on any atom is 0.416 e. The molecule has 1 unspecified atom stereocenters. The molecule has 6 nitrogen and oxygen atoms in total. The number of amides is 1. The molecular formula is C25H19ClF6N4O2. The summed E-state index contributed by atoms with van der Waals surface area (Å²) < 4.78 is 86.0. The number of carbonyl (C=O) groups excluding carboxylic acids is 1. The minimum atomic E-state index is -4.79. The number of aromatic nitrogens is 2. The van der Waals surface area contributed by atoms with Crippen molar-refractivity contribution in [3.63, 3.8) is 0 Å². The van der Waals surface area contributed by atoms with Crippen molar-refractivity contribution in [1.82, 2.24) is 14.9 Å². The van der Waals surface area contributed by atoms with Gasteiger partial charge in [0.15, 0.2) is 0 Å². The highest BCUT2D eigenvalue weighted by atomic mass is 35.5. The molecule has 2 aromatic carbocycles. The fourth-order valence-corrected chi connectivity index (χ4v) is 4.74. The van der Waals surface area contributed by atoms with Crippen molar-refractivity contribution in [2.24, 2.45) is 0 Å². The molecule has 38 heavy (non-hydrogen) atoms. The van der Waals surface area contributed by atoms with Crippen molar-refractivity contribution < 1.29 is 35.9 Å². The number of halogens is 7. The molecule has 0 radical (unpaired) electrons. The minimum absolute atomic E-state index is 0.0263. The maximum absolute atomic E-state index is 14.0. The van der Waals surface area contributed by atoms with Gasteiger partial charge in [-0.2, -0.15) is 13.2 Å². The number of benzene rings is 2. The molecule has 3 aromatic rings. The Kier molecular flexibility index (Phi) is 6.41. The lowest BCUT2D eigenvalue weighted by atomic mass is 10.00. The summed E-state index contributed by atoms with van der Waals surface area (Å²) in [6.07, 6.45) is -5.43. The Hall–Kier alpha value is -3.54. The molecule has 2 atom stereocenters. The van der Waals surface area contributed by atoms with E-state index in [1.807, 2.05) is 0 Å². The van der Waals surface area contributed by atoms with Gasteiger partial charge in [0.25, 0.3) is 5.92 Å². The van der Waals surface area contributed by atoms with Crippen LogP contribution < -0.4 is 4.90 Å². The van der Waals surface area contributed by atoms with E-state index in [2.05, 4.69) is 9.97 Å². The van der Waals surface area contributed by atoms with Crippen LogP contribution in [-0.4, -0.2) is 46.0 Å². The molecule has 13 heteroatoms. The van der Waals surface area contributed by atoms with Gasteiger partial charge in [-0.1, -0.05) is 29.8 Å². The van der Waals surface area contributed by atoms with Crippen molar-refractivity contribution in [2.45, 2.75) is 37.7 Å². The van der Waals surface area contributed by atoms with E-state index in [-0.39, 0.29) is 23.8 Å². The topological polar surface area (TPSA) is 58.6 Å². The molecule has 5 rings (SSSR count). The first-order valence-electron chi connectivity index (χ1n) is 11.4. The number of hydrogen-bond donors (Lipinski definition) is 0. The monoisotopic (exact) mass is 556 g/mol. The first-order valence-corrected chi connectivity index (χ1v) is 11.8. The van der Waals surface area contributed by atoms with Gasteiger partial charge in [0.05, 0.1) is 36.9 Å². The SMILES string of the molecule is C[C@H]1C(c2cc(F)cc(C(F)(F)F)c2)OC(=O)N1Cc1nc(N2CC(F)(F)C2)ncc1-c1ccccc1Cl. The zero-order chi connectivity index (χ0) is 27.4. The summed E-state index contributed by atoms with van der Waals surface area (Å²) >= 11 is 6.35. The lowest BCUT2D eigenvalue weighted by Crippen LogP contribution is -2.57. The Morgan fingerprint density at radius 2 is 1.84 bits per heavy atom. The summed E-state index contributed by atoms with van der Waals surface area (Å²) in [4.78, 5) is 24.0. The van der Waals surface area contributed by atoms with Gasteiger partial charge in [-0.15, -0.1) is 0 Å². The van der Waals surface area contributed by atoms with E-state index in [1.165, 1.54) is 16.0 Å². The van der Waals surface area contributed by atoms with E-state index in [9.17, 15) is 31.1 Å². The maximum atomic E-state index is 14.0. The average Bonchev–Trinajstić information content (AvgIpc) is 3.10. The summed E-state index contributed by atoms with van der Waals surface area (Å²) in [6, 6.07) is 7.92. The first kappa shape index (κ1) is 26.1. The van der Waals surface area contributed by atoms with Crippen LogP contribution in [0.25, 0.3) is 11.1 Å². The number of nitrogens with zero attached hydrogens (tertiary/aromatic N) is 4. The second kappa shape index (κ2) is 9.33. The standard InChI is InChI=1S/C25H19ClF6N4O2/c1-13-21(14-6-15(25(30,31)32)8-16(27)7-14)38-23(37)36(13)10-20-18(17-4-2-3-5-19(17)26)9-33-22(34-20)35-11-24(28,29)12-35/h2-9,13,21H,10-12H2,1H3/t13-,21?/m0/s1. The number of alkyl halides is 5. The van der Waals surface area contributed by atoms with Crippen LogP contribution in [0.1, 0.15) is 29.8 Å². The quantitative estimate of drug-likeness (QED) is 0.336. The van der Waals surface area contributed by atoms with E-state index < -0.39 is 54.8 Å². The molecule has 1 amide bonds. The highest BCUT2D eigenvalue weighted by Crippen LogP contribution is 2.39. The fraction of sp³-hybridized carbons (Fsp3) is 0.320. The molecule has 2 saturated heterocycles. The van der Waals surface area contributed by atoms with E-state index in [4.69, 9.17) is 16.3 Å². The normalized spacial score (nSPS) is 20.9. The molecule has 3 heterocycles. The zero-order valence-corrected chi connectivity index (χ0v) is 20.4.